The summed E-state index contributed by atoms with van der Waals surface area (Å²) in [4.78, 5) is 42.0. The van der Waals surface area contributed by atoms with Gasteiger partial charge in [0.05, 0.1) is 15.6 Å². The summed E-state index contributed by atoms with van der Waals surface area (Å²) in [7, 11) is 0. The molecule has 2 aromatic carbocycles. The van der Waals surface area contributed by atoms with E-state index in [0.717, 1.165) is 5.01 Å². The summed E-state index contributed by atoms with van der Waals surface area (Å²) < 4.78 is 14.2. The second kappa shape index (κ2) is 11.1. The highest BCUT2D eigenvalue weighted by molar-refractivity contribution is 7.10. The fourth-order valence-corrected chi connectivity index (χ4v) is 5.50. The molecule has 36 heavy (non-hydrogen) atoms. The number of amides is 2. The minimum Gasteiger partial charge on any atom is -0.344 e. The summed E-state index contributed by atoms with van der Waals surface area (Å²) in [6.07, 6.45) is 1.45. The lowest BCUT2D eigenvalue weighted by Gasteiger charge is -2.33. The van der Waals surface area contributed by atoms with Gasteiger partial charge in [-0.25, -0.2) is 9.37 Å². The zero-order valence-electron chi connectivity index (χ0n) is 19.4. The molecule has 1 unspecified atom stereocenters. The molecule has 3 aromatic rings. The zero-order valence-corrected chi connectivity index (χ0v) is 21.0. The number of nitrogens with zero attached hydrogens (tertiary/aromatic N) is 3. The van der Waals surface area contributed by atoms with Crippen LogP contribution < -0.4 is 5.32 Å². The van der Waals surface area contributed by atoms with Crippen molar-refractivity contribution in [1.82, 2.24) is 15.2 Å². The number of benzene rings is 2. The second-order valence-corrected chi connectivity index (χ2v) is 9.94. The van der Waals surface area contributed by atoms with Crippen molar-refractivity contribution in [2.24, 2.45) is 0 Å². The number of nitro groups is 1. The van der Waals surface area contributed by atoms with Gasteiger partial charge >= 0.3 is 0 Å². The summed E-state index contributed by atoms with van der Waals surface area (Å²) in [5.74, 6) is -0.858. The number of nitro benzene ring substituents is 1. The maximum Gasteiger partial charge on any atom is 0.288 e. The number of nitrogens with one attached hydrogen (secondary N) is 1. The molecule has 1 atom stereocenters. The molecule has 1 aliphatic rings. The lowest BCUT2D eigenvalue weighted by Crippen LogP contribution is -2.51. The summed E-state index contributed by atoms with van der Waals surface area (Å²) in [6, 6.07) is 9.99. The van der Waals surface area contributed by atoms with Crippen molar-refractivity contribution in [1.29, 1.82) is 0 Å². The van der Waals surface area contributed by atoms with Crippen molar-refractivity contribution in [3.8, 4) is 11.3 Å². The number of carbonyl (C=O) groups excluding carboxylic acids is 2. The van der Waals surface area contributed by atoms with Crippen LogP contribution >= 0.6 is 22.9 Å². The first-order valence-electron chi connectivity index (χ1n) is 11.4. The van der Waals surface area contributed by atoms with Gasteiger partial charge in [-0.2, -0.15) is 0 Å². The van der Waals surface area contributed by atoms with Crippen LogP contribution in [0, 0.1) is 15.9 Å². The van der Waals surface area contributed by atoms with E-state index in [0.29, 0.717) is 42.8 Å². The van der Waals surface area contributed by atoms with Crippen LogP contribution in [0.3, 0.4) is 0 Å². The number of carbonyl (C=O) groups is 2. The van der Waals surface area contributed by atoms with Crippen LogP contribution in [0.5, 0.6) is 0 Å². The second-order valence-electron chi connectivity index (χ2n) is 8.64. The maximum atomic E-state index is 14.2. The van der Waals surface area contributed by atoms with E-state index in [1.165, 1.54) is 36.5 Å². The van der Waals surface area contributed by atoms with Gasteiger partial charge in [-0.1, -0.05) is 35.9 Å². The maximum absolute atomic E-state index is 14.2. The summed E-state index contributed by atoms with van der Waals surface area (Å²) in [5, 5.41) is 16.7. The Labute approximate surface area is 216 Å². The molecule has 0 aliphatic carbocycles. The fraction of sp³-hybridized carbons (Fsp3) is 0.320. The molecular formula is C25H24ClFN4O4S. The Morgan fingerprint density at radius 3 is 2.67 bits per heavy atom. The molecule has 1 aliphatic heterocycles. The Balaban J connectivity index is 1.42. The van der Waals surface area contributed by atoms with E-state index in [9.17, 15) is 24.1 Å². The number of halogens is 2. The van der Waals surface area contributed by atoms with Gasteiger partial charge in [0.25, 0.3) is 5.69 Å². The fourth-order valence-electron chi connectivity index (χ4n) is 4.32. The molecule has 4 rings (SSSR count). The lowest BCUT2D eigenvalue weighted by atomic mass is 9.96. The minimum absolute atomic E-state index is 0.0730. The molecule has 8 nitrogen and oxygen atoms in total. The number of piperidine rings is 1. The van der Waals surface area contributed by atoms with E-state index < -0.39 is 16.8 Å². The van der Waals surface area contributed by atoms with Crippen molar-refractivity contribution in [2.45, 2.75) is 38.1 Å². The van der Waals surface area contributed by atoms with E-state index >= 15 is 0 Å². The van der Waals surface area contributed by atoms with Gasteiger partial charge in [-0.05, 0) is 30.5 Å². The van der Waals surface area contributed by atoms with Crippen LogP contribution in [0.25, 0.3) is 11.3 Å². The molecule has 2 heterocycles. The normalized spacial score (nSPS) is 14.9. The average Bonchev–Trinajstić information content (AvgIpc) is 3.35. The molecule has 11 heteroatoms. The van der Waals surface area contributed by atoms with Gasteiger partial charge in [0.2, 0.25) is 11.8 Å². The average molecular weight is 531 g/mol. The topological polar surface area (TPSA) is 105 Å². The monoisotopic (exact) mass is 530 g/mol. The van der Waals surface area contributed by atoms with E-state index in [-0.39, 0.29) is 34.9 Å². The zero-order chi connectivity index (χ0) is 25.8. The Bertz CT molecular complexity index is 1290. The van der Waals surface area contributed by atoms with Gasteiger partial charge in [0.15, 0.2) is 0 Å². The van der Waals surface area contributed by atoms with E-state index in [2.05, 4.69) is 5.32 Å². The number of rotatable bonds is 7. The molecule has 0 radical (unpaired) electrons. The van der Waals surface area contributed by atoms with E-state index in [1.54, 1.807) is 29.2 Å². The van der Waals surface area contributed by atoms with E-state index in [4.69, 9.17) is 16.6 Å². The summed E-state index contributed by atoms with van der Waals surface area (Å²) in [5.41, 5.74) is 1.47. The van der Waals surface area contributed by atoms with Gasteiger partial charge in [0.1, 0.15) is 16.9 Å². The van der Waals surface area contributed by atoms with Crippen LogP contribution in [0.2, 0.25) is 5.02 Å². The van der Waals surface area contributed by atoms with Crippen molar-refractivity contribution >= 4 is 40.4 Å². The van der Waals surface area contributed by atoms with Crippen molar-refractivity contribution in [2.75, 3.05) is 13.1 Å². The Kier molecular flexibility index (Phi) is 7.95. The van der Waals surface area contributed by atoms with Gasteiger partial charge in [-0.3, -0.25) is 19.7 Å². The van der Waals surface area contributed by atoms with Gasteiger partial charge in [-0.15, -0.1) is 11.3 Å². The number of hydrogen-bond acceptors (Lipinski definition) is 6. The number of aromatic nitrogens is 1. The Morgan fingerprint density at radius 1 is 1.28 bits per heavy atom. The predicted octanol–water partition coefficient (Wildman–Crippen LogP) is 4.96. The molecule has 2 amide bonds. The highest BCUT2D eigenvalue weighted by atomic mass is 35.5. The van der Waals surface area contributed by atoms with Crippen LogP contribution in [-0.2, 0) is 16.0 Å². The van der Waals surface area contributed by atoms with Gasteiger partial charge < -0.3 is 10.2 Å². The number of hydrogen-bond donors (Lipinski definition) is 1. The highest BCUT2D eigenvalue weighted by Crippen LogP contribution is 2.35. The molecule has 1 aromatic heterocycles. The lowest BCUT2D eigenvalue weighted by molar-refractivity contribution is -0.384. The first kappa shape index (κ1) is 25.7. The first-order valence-corrected chi connectivity index (χ1v) is 12.7. The number of likely N-dealkylation sites (tertiary alicyclic amines) is 1. The molecule has 0 saturated carbocycles. The highest BCUT2D eigenvalue weighted by Gasteiger charge is 2.31. The Morgan fingerprint density at radius 2 is 2.00 bits per heavy atom. The van der Waals surface area contributed by atoms with Crippen LogP contribution in [0.15, 0.2) is 47.8 Å². The molecule has 0 spiro atoms. The molecular weight excluding hydrogens is 507 g/mol. The molecule has 0 bridgehead atoms. The third-order valence-corrected chi connectivity index (χ3v) is 7.50. The van der Waals surface area contributed by atoms with Crippen molar-refractivity contribution in [3.63, 3.8) is 0 Å². The van der Waals surface area contributed by atoms with Crippen LogP contribution in [0.4, 0.5) is 10.1 Å². The molecule has 1 fully saturated rings. The predicted molar refractivity (Wildman–Crippen MR) is 135 cm³/mol. The third kappa shape index (κ3) is 5.88. The summed E-state index contributed by atoms with van der Waals surface area (Å²) >= 11 is 7.40. The number of thiazole rings is 1. The molecule has 188 valence electrons. The van der Waals surface area contributed by atoms with Crippen LogP contribution in [-0.4, -0.2) is 45.8 Å². The SMILES string of the molecule is CC(=O)NC(Cc1ccccc1F)C(=O)N1CCC(c2nc(-c3ccc(Cl)c([N+](=O)[O-])c3)cs2)CC1. The Hall–Kier alpha value is -3.37. The molecule has 1 N–H and O–H groups in total. The minimum atomic E-state index is -0.844. The van der Waals surface area contributed by atoms with Gasteiger partial charge in [0, 0.05) is 49.4 Å². The largest absolute Gasteiger partial charge is 0.344 e. The van der Waals surface area contributed by atoms with Crippen molar-refractivity contribution < 1.29 is 18.9 Å². The van der Waals surface area contributed by atoms with E-state index in [1.807, 2.05) is 5.38 Å². The molecule has 1 saturated heterocycles. The quantitative estimate of drug-likeness (QED) is 0.343. The van der Waals surface area contributed by atoms with Crippen LogP contribution in [0.1, 0.15) is 36.3 Å². The third-order valence-electron chi connectivity index (χ3n) is 6.17. The van der Waals surface area contributed by atoms with Crippen molar-refractivity contribution in [3.05, 3.63) is 79.4 Å². The summed E-state index contributed by atoms with van der Waals surface area (Å²) in [6.45, 7) is 2.31. The standard InChI is InChI=1S/C25H24ClFN4O4S/c1-15(32)28-21(12-17-4-2-3-5-20(17)27)25(33)30-10-8-16(9-11-30)24-29-22(14-36-24)18-6-7-19(26)23(13-18)31(34)35/h2-7,13-14,16,21H,8-12H2,1H3,(H,28,32). The smallest absolute Gasteiger partial charge is 0.288 e. The first-order chi connectivity index (χ1) is 17.2.